The fraction of sp³-hybridized carbons (Fsp3) is 0.308. The highest BCUT2D eigenvalue weighted by Gasteiger charge is 2.02. The minimum absolute atomic E-state index is 1.12. The molecular weight excluding hydrogens is 202 g/mol. The first kappa shape index (κ1) is 10.4. The third-order valence-corrected chi connectivity index (χ3v) is 3.46. The number of rotatable bonds is 4. The molecule has 0 bridgehead atoms. The first-order valence-corrected chi connectivity index (χ1v) is 6.22. The molecule has 0 saturated carbocycles. The Kier molecular flexibility index (Phi) is 3.51. The summed E-state index contributed by atoms with van der Waals surface area (Å²) in [6.45, 7) is 2.21. The van der Waals surface area contributed by atoms with Crippen LogP contribution >= 0.6 is 11.3 Å². The van der Waals surface area contributed by atoms with Crippen molar-refractivity contribution < 1.29 is 0 Å². The van der Waals surface area contributed by atoms with Crippen molar-refractivity contribution in [1.82, 2.24) is 4.98 Å². The smallest absolute Gasteiger partial charge is 0.0931 e. The van der Waals surface area contributed by atoms with Gasteiger partial charge in [0.1, 0.15) is 0 Å². The van der Waals surface area contributed by atoms with Crippen molar-refractivity contribution >= 4 is 11.3 Å². The average molecular weight is 217 g/mol. The molecule has 0 saturated heterocycles. The molecule has 0 amide bonds. The predicted molar refractivity (Wildman–Crippen MR) is 66.2 cm³/mol. The van der Waals surface area contributed by atoms with Gasteiger partial charge in [-0.3, -0.25) is 0 Å². The van der Waals surface area contributed by atoms with E-state index in [1.807, 2.05) is 23.6 Å². The molecule has 0 unspecified atom stereocenters. The van der Waals surface area contributed by atoms with Gasteiger partial charge in [0.2, 0.25) is 0 Å². The molecular formula is C13H15NS. The molecule has 1 aromatic carbocycles. The molecule has 0 radical (unpaired) electrons. The van der Waals surface area contributed by atoms with Gasteiger partial charge in [-0.25, -0.2) is 4.98 Å². The van der Waals surface area contributed by atoms with Crippen molar-refractivity contribution in [2.24, 2.45) is 0 Å². The summed E-state index contributed by atoms with van der Waals surface area (Å²) in [4.78, 5) is 5.73. The number of hydrogen-bond acceptors (Lipinski definition) is 2. The van der Waals surface area contributed by atoms with Gasteiger partial charge in [0.05, 0.1) is 9.88 Å². The van der Waals surface area contributed by atoms with Crippen molar-refractivity contribution in [3.63, 3.8) is 0 Å². The van der Waals surface area contributed by atoms with E-state index < -0.39 is 0 Å². The first-order chi connectivity index (χ1) is 7.40. The van der Waals surface area contributed by atoms with Crippen LogP contribution < -0.4 is 0 Å². The molecule has 0 aliphatic carbocycles. The summed E-state index contributed by atoms with van der Waals surface area (Å²) < 4.78 is 0. The Balaban J connectivity index is 2.14. The molecule has 1 aromatic heterocycles. The summed E-state index contributed by atoms with van der Waals surface area (Å²) >= 11 is 1.81. The molecule has 0 aliphatic heterocycles. The van der Waals surface area contributed by atoms with E-state index in [1.54, 1.807) is 0 Å². The summed E-state index contributed by atoms with van der Waals surface area (Å²) in [5.74, 6) is 0. The summed E-state index contributed by atoms with van der Waals surface area (Å²) in [5.41, 5.74) is 1.28. The second-order valence-electron chi connectivity index (χ2n) is 3.59. The third-order valence-electron chi connectivity index (χ3n) is 2.36. The highest BCUT2D eigenvalue weighted by molar-refractivity contribution is 7.15. The Labute approximate surface area is 94.8 Å². The Bertz CT molecular complexity index is 405. The number of unbranched alkanes of at least 4 members (excludes halogenated alkanes) is 1. The Hall–Kier alpha value is -1.15. The van der Waals surface area contributed by atoms with Gasteiger partial charge in [0.15, 0.2) is 0 Å². The average Bonchev–Trinajstić information content (AvgIpc) is 2.76. The molecule has 0 fully saturated rings. The zero-order valence-corrected chi connectivity index (χ0v) is 9.76. The molecule has 2 heteroatoms. The normalized spacial score (nSPS) is 10.5. The molecule has 0 spiro atoms. The maximum absolute atomic E-state index is 4.45. The Morgan fingerprint density at radius 3 is 2.73 bits per heavy atom. The van der Waals surface area contributed by atoms with Gasteiger partial charge in [-0.15, -0.1) is 11.3 Å². The van der Waals surface area contributed by atoms with E-state index in [0.717, 1.165) is 6.42 Å². The molecule has 2 aromatic rings. The number of hydrogen-bond donors (Lipinski definition) is 0. The maximum atomic E-state index is 4.45. The van der Waals surface area contributed by atoms with Crippen molar-refractivity contribution in [1.29, 1.82) is 0 Å². The second-order valence-corrected chi connectivity index (χ2v) is 4.70. The van der Waals surface area contributed by atoms with E-state index in [4.69, 9.17) is 0 Å². The number of thiazole rings is 1. The van der Waals surface area contributed by atoms with Crippen molar-refractivity contribution in [3.05, 3.63) is 41.5 Å². The van der Waals surface area contributed by atoms with Crippen molar-refractivity contribution in [3.8, 4) is 10.4 Å². The lowest BCUT2D eigenvalue weighted by atomic mass is 10.2. The van der Waals surface area contributed by atoms with E-state index in [1.165, 1.54) is 28.3 Å². The Morgan fingerprint density at radius 2 is 2.00 bits per heavy atom. The molecule has 0 N–H and O–H groups in total. The number of aryl methyl sites for hydroxylation is 1. The summed E-state index contributed by atoms with van der Waals surface area (Å²) in [6, 6.07) is 10.5. The third kappa shape index (κ3) is 2.66. The quantitative estimate of drug-likeness (QED) is 0.749. The van der Waals surface area contributed by atoms with E-state index in [0.29, 0.717) is 0 Å². The van der Waals surface area contributed by atoms with Crippen LogP contribution in [-0.2, 0) is 6.42 Å². The van der Waals surface area contributed by atoms with Crippen LogP contribution in [0.5, 0.6) is 0 Å². The predicted octanol–water partition coefficient (Wildman–Crippen LogP) is 4.15. The lowest BCUT2D eigenvalue weighted by Gasteiger charge is -1.94. The minimum Gasteiger partial charge on any atom is -0.249 e. The van der Waals surface area contributed by atoms with E-state index in [2.05, 4.69) is 36.2 Å². The first-order valence-electron chi connectivity index (χ1n) is 5.40. The zero-order valence-electron chi connectivity index (χ0n) is 8.94. The van der Waals surface area contributed by atoms with Crippen molar-refractivity contribution in [2.45, 2.75) is 26.2 Å². The second kappa shape index (κ2) is 5.08. The summed E-state index contributed by atoms with van der Waals surface area (Å²) in [5, 5.41) is 1.26. The standard InChI is InChI=1S/C13H15NS/c1-2-3-9-13-14-10-12(15-13)11-7-5-4-6-8-11/h4-8,10H,2-3,9H2,1H3. The highest BCUT2D eigenvalue weighted by Crippen LogP contribution is 2.26. The van der Waals surface area contributed by atoms with Crippen LogP contribution in [0.1, 0.15) is 24.8 Å². The van der Waals surface area contributed by atoms with E-state index >= 15 is 0 Å². The molecule has 1 nitrogen and oxygen atoms in total. The lowest BCUT2D eigenvalue weighted by Crippen LogP contribution is -1.80. The molecule has 1 heterocycles. The van der Waals surface area contributed by atoms with Gasteiger partial charge in [0, 0.05) is 6.20 Å². The fourth-order valence-electron chi connectivity index (χ4n) is 1.49. The van der Waals surface area contributed by atoms with Crippen molar-refractivity contribution in [2.75, 3.05) is 0 Å². The monoisotopic (exact) mass is 217 g/mol. The number of benzene rings is 1. The van der Waals surface area contributed by atoms with Gasteiger partial charge in [-0.1, -0.05) is 43.7 Å². The van der Waals surface area contributed by atoms with Crippen LogP contribution in [-0.4, -0.2) is 4.98 Å². The Morgan fingerprint density at radius 1 is 1.20 bits per heavy atom. The van der Waals surface area contributed by atoms with Crippen LogP contribution in [0.4, 0.5) is 0 Å². The van der Waals surface area contributed by atoms with E-state index in [-0.39, 0.29) is 0 Å². The molecule has 2 rings (SSSR count). The summed E-state index contributed by atoms with van der Waals surface area (Å²) in [6.07, 6.45) is 5.58. The topological polar surface area (TPSA) is 12.9 Å². The van der Waals surface area contributed by atoms with Crippen LogP contribution in [0, 0.1) is 0 Å². The van der Waals surface area contributed by atoms with E-state index in [9.17, 15) is 0 Å². The van der Waals surface area contributed by atoms with Crippen LogP contribution in [0.3, 0.4) is 0 Å². The fourth-order valence-corrected chi connectivity index (χ4v) is 2.45. The van der Waals surface area contributed by atoms with Gasteiger partial charge in [-0.2, -0.15) is 0 Å². The minimum atomic E-state index is 1.12. The summed E-state index contributed by atoms with van der Waals surface area (Å²) in [7, 11) is 0. The van der Waals surface area contributed by atoms with Gasteiger partial charge in [-0.05, 0) is 18.4 Å². The maximum Gasteiger partial charge on any atom is 0.0931 e. The van der Waals surface area contributed by atoms with Gasteiger partial charge in [0.25, 0.3) is 0 Å². The molecule has 15 heavy (non-hydrogen) atoms. The molecule has 0 atom stereocenters. The SMILES string of the molecule is CCCCc1ncc(-c2ccccc2)s1. The number of aromatic nitrogens is 1. The van der Waals surface area contributed by atoms with Crippen LogP contribution in [0.25, 0.3) is 10.4 Å². The molecule has 0 aliphatic rings. The van der Waals surface area contributed by atoms with Gasteiger partial charge < -0.3 is 0 Å². The van der Waals surface area contributed by atoms with Gasteiger partial charge >= 0.3 is 0 Å². The van der Waals surface area contributed by atoms with Crippen LogP contribution in [0.2, 0.25) is 0 Å². The largest absolute Gasteiger partial charge is 0.249 e. The lowest BCUT2D eigenvalue weighted by molar-refractivity contribution is 0.790. The number of nitrogens with zero attached hydrogens (tertiary/aromatic N) is 1. The zero-order chi connectivity index (χ0) is 10.5. The highest BCUT2D eigenvalue weighted by atomic mass is 32.1. The molecule has 78 valence electrons. The van der Waals surface area contributed by atoms with Crippen LogP contribution in [0.15, 0.2) is 36.5 Å².